The SMILES string of the molecule is CCCc1ccc(C2(C)NC(=O)N(CC(=O)NCCCN(C)c3ccccc3)C2=O)cc1. The van der Waals surface area contributed by atoms with Crippen molar-refractivity contribution in [1.29, 1.82) is 0 Å². The third kappa shape index (κ3) is 5.28. The van der Waals surface area contributed by atoms with Crippen LogP contribution in [0.4, 0.5) is 10.5 Å². The number of aryl methyl sites for hydroxylation is 1. The van der Waals surface area contributed by atoms with E-state index in [1.807, 2.05) is 61.6 Å². The molecule has 2 aromatic carbocycles. The maximum absolute atomic E-state index is 13.0. The zero-order chi connectivity index (χ0) is 23.1. The van der Waals surface area contributed by atoms with Crippen molar-refractivity contribution in [3.8, 4) is 0 Å². The molecule has 0 bridgehead atoms. The summed E-state index contributed by atoms with van der Waals surface area (Å²) in [6, 6.07) is 17.2. The van der Waals surface area contributed by atoms with Crippen LogP contribution < -0.4 is 15.5 Å². The Balaban J connectivity index is 1.50. The molecule has 0 spiro atoms. The van der Waals surface area contributed by atoms with Crippen molar-refractivity contribution in [2.24, 2.45) is 0 Å². The highest BCUT2D eigenvalue weighted by Gasteiger charge is 2.49. The lowest BCUT2D eigenvalue weighted by molar-refractivity contribution is -0.134. The van der Waals surface area contributed by atoms with Crippen LogP contribution in [-0.2, 0) is 21.5 Å². The molecule has 1 unspecified atom stereocenters. The molecule has 32 heavy (non-hydrogen) atoms. The van der Waals surface area contributed by atoms with Gasteiger partial charge in [-0.15, -0.1) is 0 Å². The van der Waals surface area contributed by atoms with Crippen molar-refractivity contribution < 1.29 is 14.4 Å². The summed E-state index contributed by atoms with van der Waals surface area (Å²) in [6.45, 7) is 4.75. The lowest BCUT2D eigenvalue weighted by atomic mass is 9.91. The minimum absolute atomic E-state index is 0.289. The standard InChI is InChI=1S/C25H32N4O3/c1-4-9-19-12-14-20(15-13-19)25(2)23(31)29(24(32)27-25)18-22(30)26-16-8-17-28(3)21-10-6-5-7-11-21/h5-7,10-15H,4,8-9,16-18H2,1-3H3,(H,26,30)(H,27,32). The second-order valence-electron chi connectivity index (χ2n) is 8.35. The first kappa shape index (κ1) is 23.3. The number of benzene rings is 2. The topological polar surface area (TPSA) is 81.8 Å². The number of nitrogens with one attached hydrogen (secondary N) is 2. The Morgan fingerprint density at radius 3 is 2.44 bits per heavy atom. The zero-order valence-corrected chi connectivity index (χ0v) is 19.1. The van der Waals surface area contributed by atoms with Crippen LogP contribution in [0, 0.1) is 0 Å². The summed E-state index contributed by atoms with van der Waals surface area (Å²) in [4.78, 5) is 41.0. The molecule has 7 heteroatoms. The summed E-state index contributed by atoms with van der Waals surface area (Å²) in [6.07, 6.45) is 2.75. The molecule has 1 heterocycles. The Morgan fingerprint density at radius 1 is 1.09 bits per heavy atom. The fourth-order valence-electron chi connectivity index (χ4n) is 3.88. The number of carbonyl (C=O) groups excluding carboxylic acids is 3. The number of para-hydroxylation sites is 1. The quantitative estimate of drug-likeness (QED) is 0.443. The van der Waals surface area contributed by atoms with Gasteiger partial charge in [-0.25, -0.2) is 4.79 Å². The van der Waals surface area contributed by atoms with Gasteiger partial charge in [0.15, 0.2) is 0 Å². The van der Waals surface area contributed by atoms with Crippen LogP contribution >= 0.6 is 0 Å². The van der Waals surface area contributed by atoms with Gasteiger partial charge in [0.25, 0.3) is 5.91 Å². The molecule has 0 radical (unpaired) electrons. The molecule has 170 valence electrons. The van der Waals surface area contributed by atoms with Gasteiger partial charge in [0.2, 0.25) is 5.91 Å². The summed E-state index contributed by atoms with van der Waals surface area (Å²) in [5.41, 5.74) is 1.84. The number of rotatable bonds is 10. The van der Waals surface area contributed by atoms with E-state index < -0.39 is 17.5 Å². The Hall–Kier alpha value is -3.35. The van der Waals surface area contributed by atoms with Gasteiger partial charge in [0.05, 0.1) is 0 Å². The molecule has 1 fully saturated rings. The zero-order valence-electron chi connectivity index (χ0n) is 19.1. The number of imide groups is 1. The van der Waals surface area contributed by atoms with Crippen LogP contribution in [0.15, 0.2) is 54.6 Å². The van der Waals surface area contributed by atoms with E-state index in [4.69, 9.17) is 0 Å². The number of amides is 4. The Labute approximate surface area is 189 Å². The minimum atomic E-state index is -1.17. The smallest absolute Gasteiger partial charge is 0.325 e. The Kier molecular flexibility index (Phi) is 7.51. The van der Waals surface area contributed by atoms with Crippen LogP contribution in [0.1, 0.15) is 37.8 Å². The number of hydrogen-bond acceptors (Lipinski definition) is 4. The van der Waals surface area contributed by atoms with Gasteiger partial charge in [-0.05, 0) is 43.0 Å². The van der Waals surface area contributed by atoms with Gasteiger partial charge in [-0.3, -0.25) is 14.5 Å². The molecule has 0 saturated carbocycles. The largest absolute Gasteiger partial charge is 0.375 e. The van der Waals surface area contributed by atoms with E-state index >= 15 is 0 Å². The molecule has 1 saturated heterocycles. The van der Waals surface area contributed by atoms with E-state index in [9.17, 15) is 14.4 Å². The molecular weight excluding hydrogens is 404 g/mol. The van der Waals surface area contributed by atoms with Crippen molar-refractivity contribution in [1.82, 2.24) is 15.5 Å². The molecule has 0 aromatic heterocycles. The van der Waals surface area contributed by atoms with Gasteiger partial charge in [0.1, 0.15) is 12.1 Å². The monoisotopic (exact) mass is 436 g/mol. The second kappa shape index (κ2) is 10.3. The molecule has 3 rings (SSSR count). The minimum Gasteiger partial charge on any atom is -0.375 e. The highest BCUT2D eigenvalue weighted by molar-refractivity contribution is 6.09. The maximum Gasteiger partial charge on any atom is 0.325 e. The normalized spacial score (nSPS) is 17.9. The molecule has 7 nitrogen and oxygen atoms in total. The summed E-state index contributed by atoms with van der Waals surface area (Å²) in [7, 11) is 2.00. The molecular formula is C25H32N4O3. The highest BCUT2D eigenvalue weighted by Crippen LogP contribution is 2.29. The van der Waals surface area contributed by atoms with Gasteiger partial charge in [-0.2, -0.15) is 0 Å². The van der Waals surface area contributed by atoms with Crippen molar-refractivity contribution in [3.63, 3.8) is 0 Å². The molecule has 4 amide bonds. The fourth-order valence-corrected chi connectivity index (χ4v) is 3.88. The van der Waals surface area contributed by atoms with Gasteiger partial charge in [-0.1, -0.05) is 55.8 Å². The van der Waals surface area contributed by atoms with Crippen LogP contribution in [-0.4, -0.2) is 49.4 Å². The van der Waals surface area contributed by atoms with Crippen molar-refractivity contribution in [2.45, 2.75) is 38.6 Å². The first-order chi connectivity index (χ1) is 15.3. The van der Waals surface area contributed by atoms with Gasteiger partial charge < -0.3 is 15.5 Å². The van der Waals surface area contributed by atoms with Crippen LogP contribution in [0.3, 0.4) is 0 Å². The average Bonchev–Trinajstić information content (AvgIpc) is 3.01. The number of urea groups is 1. The Morgan fingerprint density at radius 2 is 1.78 bits per heavy atom. The number of nitrogens with zero attached hydrogens (tertiary/aromatic N) is 2. The fraction of sp³-hybridized carbons (Fsp3) is 0.400. The van der Waals surface area contributed by atoms with E-state index in [1.165, 1.54) is 5.56 Å². The lowest BCUT2D eigenvalue weighted by Crippen LogP contribution is -2.43. The maximum atomic E-state index is 13.0. The van der Waals surface area contributed by atoms with Gasteiger partial charge >= 0.3 is 6.03 Å². The number of carbonyl (C=O) groups is 3. The second-order valence-corrected chi connectivity index (χ2v) is 8.35. The summed E-state index contributed by atoms with van der Waals surface area (Å²) < 4.78 is 0. The first-order valence-corrected chi connectivity index (χ1v) is 11.1. The van der Waals surface area contributed by atoms with Crippen LogP contribution in [0.25, 0.3) is 0 Å². The van der Waals surface area contributed by atoms with Crippen molar-refractivity contribution in [3.05, 3.63) is 65.7 Å². The third-order valence-corrected chi connectivity index (χ3v) is 5.84. The molecule has 1 atom stereocenters. The molecule has 1 aliphatic rings. The number of hydrogen-bond donors (Lipinski definition) is 2. The lowest BCUT2D eigenvalue weighted by Gasteiger charge is -2.22. The predicted molar refractivity (Wildman–Crippen MR) is 125 cm³/mol. The number of anilines is 1. The van der Waals surface area contributed by atoms with Crippen molar-refractivity contribution >= 4 is 23.5 Å². The summed E-state index contributed by atoms with van der Waals surface area (Å²) >= 11 is 0. The predicted octanol–water partition coefficient (Wildman–Crippen LogP) is 3.05. The van der Waals surface area contributed by atoms with Crippen molar-refractivity contribution in [2.75, 3.05) is 31.6 Å². The van der Waals surface area contributed by atoms with E-state index in [0.717, 1.165) is 36.4 Å². The van der Waals surface area contributed by atoms with Crippen LogP contribution in [0.5, 0.6) is 0 Å². The molecule has 1 aliphatic heterocycles. The highest BCUT2D eigenvalue weighted by atomic mass is 16.2. The molecule has 2 N–H and O–H groups in total. The van der Waals surface area contributed by atoms with Crippen LogP contribution in [0.2, 0.25) is 0 Å². The van der Waals surface area contributed by atoms with E-state index in [-0.39, 0.29) is 12.5 Å². The van der Waals surface area contributed by atoms with E-state index in [0.29, 0.717) is 12.1 Å². The first-order valence-electron chi connectivity index (χ1n) is 11.1. The van der Waals surface area contributed by atoms with E-state index in [2.05, 4.69) is 22.5 Å². The third-order valence-electron chi connectivity index (χ3n) is 5.84. The Bertz CT molecular complexity index is 945. The summed E-state index contributed by atoms with van der Waals surface area (Å²) in [5.74, 6) is -0.761. The molecule has 2 aromatic rings. The van der Waals surface area contributed by atoms with Gasteiger partial charge in [0, 0.05) is 25.8 Å². The summed E-state index contributed by atoms with van der Waals surface area (Å²) in [5, 5.41) is 5.56. The average molecular weight is 437 g/mol. The van der Waals surface area contributed by atoms with E-state index in [1.54, 1.807) is 6.92 Å². The molecule has 0 aliphatic carbocycles.